The van der Waals surface area contributed by atoms with Gasteiger partial charge in [0.05, 0.1) is 12.4 Å². The van der Waals surface area contributed by atoms with Gasteiger partial charge in [-0.05, 0) is 39.5 Å². The molecule has 2 bridgehead atoms. The standard InChI is InChI=1S/C20H23N9S2/c1-19-4-5-20(2,28-19)7-12(6-19)29(3)18-25-17-16(31-18)24-15(30-17)14-21-10-13(26-27-14)11-8-22-23-9-11/h8-10,12,28H,4-7H2,1-3H3,(H,22,23)/t12-,19-,20+. The number of fused-ring (bicyclic) bond motifs is 3. The Labute approximate surface area is 187 Å². The van der Waals surface area contributed by atoms with E-state index in [1.54, 1.807) is 29.9 Å². The van der Waals surface area contributed by atoms with E-state index in [0.29, 0.717) is 17.6 Å². The van der Waals surface area contributed by atoms with Crippen LogP contribution in [0.15, 0.2) is 18.6 Å². The van der Waals surface area contributed by atoms with Crippen LogP contribution < -0.4 is 10.2 Å². The lowest BCUT2D eigenvalue weighted by Gasteiger charge is -2.45. The van der Waals surface area contributed by atoms with Crippen molar-refractivity contribution in [1.29, 1.82) is 0 Å². The summed E-state index contributed by atoms with van der Waals surface area (Å²) in [4.78, 5) is 18.3. The van der Waals surface area contributed by atoms with Crippen molar-refractivity contribution in [2.45, 2.75) is 56.7 Å². The molecule has 0 spiro atoms. The van der Waals surface area contributed by atoms with Gasteiger partial charge in [-0.2, -0.15) is 5.10 Å². The maximum Gasteiger partial charge on any atom is 0.210 e. The molecular weight excluding hydrogens is 430 g/mol. The Bertz CT molecular complexity index is 1180. The molecule has 9 nitrogen and oxygen atoms in total. The molecule has 0 saturated carbocycles. The molecular formula is C20H23N9S2. The van der Waals surface area contributed by atoms with Crippen LogP contribution >= 0.6 is 22.7 Å². The SMILES string of the molecule is CN(c1nc2sc(-c3ncc(-c4cn[nH]c4)nn3)nc2s1)[C@H]1C[C@]2(C)CC[C@](C)(C1)N2. The molecule has 0 unspecified atom stereocenters. The van der Waals surface area contributed by atoms with Crippen LogP contribution in [0.3, 0.4) is 0 Å². The first-order valence-corrected chi connectivity index (χ1v) is 12.0. The predicted octanol–water partition coefficient (Wildman–Crippen LogP) is 3.49. The van der Waals surface area contributed by atoms with Crippen molar-refractivity contribution in [3.63, 3.8) is 0 Å². The zero-order valence-corrected chi connectivity index (χ0v) is 19.2. The van der Waals surface area contributed by atoms with E-state index in [2.05, 4.69) is 56.5 Å². The lowest BCUT2D eigenvalue weighted by Crippen LogP contribution is -2.58. The third-order valence-corrected chi connectivity index (χ3v) is 8.68. The van der Waals surface area contributed by atoms with E-state index in [0.717, 1.165) is 38.2 Å². The normalized spacial score (nSPS) is 27.8. The maximum atomic E-state index is 4.90. The topological polar surface area (TPSA) is 108 Å². The van der Waals surface area contributed by atoms with E-state index in [4.69, 9.17) is 9.97 Å². The van der Waals surface area contributed by atoms with Gasteiger partial charge in [0.2, 0.25) is 5.82 Å². The number of hydrogen-bond acceptors (Lipinski definition) is 10. The number of aromatic nitrogens is 7. The van der Waals surface area contributed by atoms with Crippen molar-refractivity contribution in [3.8, 4) is 22.1 Å². The van der Waals surface area contributed by atoms with Crippen LogP contribution in [0.4, 0.5) is 5.13 Å². The van der Waals surface area contributed by atoms with Gasteiger partial charge in [0.1, 0.15) is 5.69 Å². The van der Waals surface area contributed by atoms with Crippen LogP contribution in [0, 0.1) is 0 Å². The molecule has 0 aromatic carbocycles. The molecule has 6 rings (SSSR count). The lowest BCUT2D eigenvalue weighted by molar-refractivity contribution is 0.208. The number of hydrogen-bond donors (Lipinski definition) is 2. The molecule has 0 radical (unpaired) electrons. The average molecular weight is 454 g/mol. The van der Waals surface area contributed by atoms with Crippen molar-refractivity contribution in [2.24, 2.45) is 0 Å². The van der Waals surface area contributed by atoms with Crippen molar-refractivity contribution in [3.05, 3.63) is 18.6 Å². The van der Waals surface area contributed by atoms with Gasteiger partial charge in [-0.15, -0.1) is 10.2 Å². The maximum absolute atomic E-state index is 4.90. The van der Waals surface area contributed by atoms with E-state index < -0.39 is 0 Å². The van der Waals surface area contributed by atoms with E-state index in [1.807, 2.05) is 0 Å². The quantitative estimate of drug-likeness (QED) is 0.483. The van der Waals surface area contributed by atoms with Crippen LogP contribution in [-0.2, 0) is 0 Å². The van der Waals surface area contributed by atoms with Gasteiger partial charge in [-0.1, -0.05) is 22.7 Å². The Hall–Kier alpha value is -2.50. The second kappa shape index (κ2) is 6.75. The minimum atomic E-state index is 0.235. The van der Waals surface area contributed by atoms with E-state index in [9.17, 15) is 0 Å². The van der Waals surface area contributed by atoms with Gasteiger partial charge in [0, 0.05) is 35.9 Å². The summed E-state index contributed by atoms with van der Waals surface area (Å²) in [6.07, 6.45) is 9.95. The van der Waals surface area contributed by atoms with Gasteiger partial charge in [-0.25, -0.2) is 15.0 Å². The highest BCUT2D eigenvalue weighted by Gasteiger charge is 2.49. The summed E-state index contributed by atoms with van der Waals surface area (Å²) in [6.45, 7) is 4.72. The summed E-state index contributed by atoms with van der Waals surface area (Å²) < 4.78 is 0. The van der Waals surface area contributed by atoms with Gasteiger partial charge in [0.25, 0.3) is 0 Å². The fourth-order valence-corrected chi connectivity index (χ4v) is 7.04. The summed E-state index contributed by atoms with van der Waals surface area (Å²) in [5.74, 6) is 0.521. The first kappa shape index (κ1) is 19.2. The number of nitrogens with zero attached hydrogens (tertiary/aromatic N) is 7. The van der Waals surface area contributed by atoms with E-state index in [1.165, 1.54) is 24.2 Å². The number of thiazole rings is 2. The first-order valence-electron chi connectivity index (χ1n) is 10.4. The van der Waals surface area contributed by atoms with Crippen molar-refractivity contribution in [2.75, 3.05) is 11.9 Å². The molecule has 4 aromatic rings. The minimum Gasteiger partial charge on any atom is -0.348 e. The van der Waals surface area contributed by atoms with Crippen molar-refractivity contribution in [1.82, 2.24) is 40.7 Å². The summed E-state index contributed by atoms with van der Waals surface area (Å²) in [5.41, 5.74) is 2.00. The van der Waals surface area contributed by atoms with E-state index in [-0.39, 0.29) is 11.1 Å². The van der Waals surface area contributed by atoms with Crippen LogP contribution in [0.2, 0.25) is 0 Å². The van der Waals surface area contributed by atoms with Crippen molar-refractivity contribution < 1.29 is 0 Å². The molecule has 2 aliphatic rings. The van der Waals surface area contributed by atoms with Crippen LogP contribution in [0.5, 0.6) is 0 Å². The summed E-state index contributed by atoms with van der Waals surface area (Å²) in [7, 11) is 2.17. The third kappa shape index (κ3) is 3.31. The lowest BCUT2D eigenvalue weighted by atomic mass is 9.84. The number of anilines is 1. The summed E-state index contributed by atoms with van der Waals surface area (Å²) >= 11 is 3.16. The molecule has 2 saturated heterocycles. The predicted molar refractivity (Wildman–Crippen MR) is 122 cm³/mol. The second-order valence-corrected chi connectivity index (χ2v) is 11.1. The molecule has 2 N–H and O–H groups in total. The van der Waals surface area contributed by atoms with Crippen molar-refractivity contribution >= 4 is 37.5 Å². The van der Waals surface area contributed by atoms with Gasteiger partial charge >= 0.3 is 0 Å². The molecule has 11 heteroatoms. The molecule has 2 fully saturated rings. The monoisotopic (exact) mass is 453 g/mol. The molecule has 6 heterocycles. The zero-order chi connectivity index (χ0) is 21.2. The van der Waals surface area contributed by atoms with Gasteiger partial charge < -0.3 is 10.2 Å². The Balaban J connectivity index is 1.23. The van der Waals surface area contributed by atoms with Crippen LogP contribution in [0.1, 0.15) is 39.5 Å². The molecule has 2 aliphatic heterocycles. The second-order valence-electron chi connectivity index (χ2n) is 9.20. The largest absolute Gasteiger partial charge is 0.348 e. The number of aromatic amines is 1. The minimum absolute atomic E-state index is 0.235. The number of nitrogens with one attached hydrogen (secondary N) is 2. The fraction of sp³-hybridized carbons (Fsp3) is 0.500. The highest BCUT2D eigenvalue weighted by Crippen LogP contribution is 2.45. The number of H-pyrrole nitrogens is 1. The van der Waals surface area contributed by atoms with Gasteiger partial charge in [0.15, 0.2) is 19.8 Å². The highest BCUT2D eigenvalue weighted by molar-refractivity contribution is 7.29. The van der Waals surface area contributed by atoms with Gasteiger partial charge in [-0.3, -0.25) is 5.10 Å². The Kier molecular flexibility index (Phi) is 4.18. The molecule has 31 heavy (non-hydrogen) atoms. The molecule has 160 valence electrons. The molecule has 4 aromatic heterocycles. The first-order chi connectivity index (χ1) is 14.9. The smallest absolute Gasteiger partial charge is 0.210 e. The van der Waals surface area contributed by atoms with Crippen LogP contribution in [0.25, 0.3) is 31.8 Å². The highest BCUT2D eigenvalue weighted by atomic mass is 32.1. The summed E-state index contributed by atoms with van der Waals surface area (Å²) in [6, 6.07) is 0.487. The van der Waals surface area contributed by atoms with Crippen LogP contribution in [-0.4, -0.2) is 59.5 Å². The average Bonchev–Trinajstić information content (AvgIpc) is 3.50. The zero-order valence-electron chi connectivity index (χ0n) is 17.6. The summed E-state index contributed by atoms with van der Waals surface area (Å²) in [5, 5.41) is 20.8. The molecule has 3 atom stereocenters. The van der Waals surface area contributed by atoms with E-state index >= 15 is 0 Å². The Morgan fingerprint density at radius 1 is 1.03 bits per heavy atom. The number of piperidine rings is 1. The molecule has 0 aliphatic carbocycles. The fourth-order valence-electron chi connectivity index (χ4n) is 5.03. The molecule has 0 amide bonds. The number of rotatable bonds is 4. The third-order valence-electron chi connectivity index (χ3n) is 6.57. The Morgan fingerprint density at radius 3 is 2.45 bits per heavy atom. The Morgan fingerprint density at radius 2 is 1.81 bits per heavy atom.